The van der Waals surface area contributed by atoms with Crippen LogP contribution >= 0.6 is 0 Å². The number of carbonyl (C=O) groups is 1. The summed E-state index contributed by atoms with van der Waals surface area (Å²) >= 11 is 0. The van der Waals surface area contributed by atoms with Gasteiger partial charge in [0.25, 0.3) is 6.29 Å². The molecule has 13 heteroatoms. The van der Waals surface area contributed by atoms with Crippen LogP contribution in [0.5, 0.6) is 23.0 Å². The van der Waals surface area contributed by atoms with Crippen molar-refractivity contribution >= 4 is 5.97 Å². The number of ether oxygens (including phenoxy) is 8. The highest BCUT2D eigenvalue weighted by Crippen LogP contribution is 2.70. The van der Waals surface area contributed by atoms with Crippen molar-refractivity contribution in [3.8, 4) is 23.0 Å². The largest absolute Gasteiger partial charge is 0.497 e. The van der Waals surface area contributed by atoms with Crippen molar-refractivity contribution in [1.29, 1.82) is 0 Å². The van der Waals surface area contributed by atoms with Crippen LogP contribution in [0.1, 0.15) is 22.6 Å². The second-order valence-electron chi connectivity index (χ2n) is 11.6. The number of rotatable bonds is 10. The number of aliphatic hydroxyl groups is 4. The van der Waals surface area contributed by atoms with Gasteiger partial charge in [0.1, 0.15) is 41.3 Å². The van der Waals surface area contributed by atoms with E-state index in [0.29, 0.717) is 16.9 Å². The Bertz CT molecular complexity index is 1570. The average molecular weight is 655 g/mol. The normalized spacial score (nSPS) is 31.7. The Morgan fingerprint density at radius 3 is 2.32 bits per heavy atom. The van der Waals surface area contributed by atoms with Crippen LogP contribution < -0.4 is 18.9 Å². The van der Waals surface area contributed by atoms with E-state index in [4.69, 9.17) is 37.9 Å². The molecule has 2 heterocycles. The summed E-state index contributed by atoms with van der Waals surface area (Å²) < 4.78 is 46.2. The molecule has 3 aromatic carbocycles. The Balaban J connectivity index is 1.52. The molecule has 0 radical (unpaired) electrons. The third-order valence-corrected chi connectivity index (χ3v) is 9.25. The minimum atomic E-state index is -2.25. The van der Waals surface area contributed by atoms with Gasteiger partial charge in [0.05, 0.1) is 46.0 Å². The molecule has 47 heavy (non-hydrogen) atoms. The molecule has 0 spiro atoms. The molecule has 4 N–H and O–H groups in total. The lowest BCUT2D eigenvalue weighted by Crippen LogP contribution is -2.52. The molecule has 0 amide bonds. The summed E-state index contributed by atoms with van der Waals surface area (Å²) in [5, 5.41) is 44.7. The molecule has 252 valence electrons. The fraction of sp³-hybridized carbons (Fsp3) is 0.441. The maximum Gasteiger partial charge on any atom is 0.312 e. The number of methoxy groups -OCH3 is 4. The van der Waals surface area contributed by atoms with Crippen molar-refractivity contribution < 1.29 is 63.1 Å². The van der Waals surface area contributed by atoms with Gasteiger partial charge in [0.15, 0.2) is 11.2 Å². The number of hydrogen-bond donors (Lipinski definition) is 4. The molecular formula is C34H38O13. The van der Waals surface area contributed by atoms with Gasteiger partial charge in [-0.25, -0.2) is 0 Å². The fourth-order valence-corrected chi connectivity index (χ4v) is 7.11. The molecule has 13 nitrogen and oxygen atoms in total. The van der Waals surface area contributed by atoms with Crippen LogP contribution in [0.2, 0.25) is 0 Å². The van der Waals surface area contributed by atoms with Gasteiger partial charge in [-0.05, 0) is 23.3 Å². The minimum Gasteiger partial charge on any atom is -0.497 e. The van der Waals surface area contributed by atoms with Gasteiger partial charge in [-0.15, -0.1) is 0 Å². The standard InChI is InChI=1S/C34H38O13/c1-40-20-12-10-19(11-13-20)34-27(18-8-6-5-7-9-18)26(30(38)42-3)29(37)33(34,39)28-23(41-2)14-21(15-24(28)47-34)45-32-31(43-4)44-17-25(46-32)22(36)16-35/h5-15,22,25-27,29,31-32,35-37,39H,16-17H2,1-4H3/t22-,25?,26-,27-,29-,31?,32?,33+,34+/m1/s1. The third kappa shape index (κ3) is 5.10. The first kappa shape index (κ1) is 33.0. The van der Waals surface area contributed by atoms with E-state index in [9.17, 15) is 25.2 Å². The summed E-state index contributed by atoms with van der Waals surface area (Å²) in [5.41, 5.74) is -2.88. The number of benzene rings is 3. The first-order valence-electron chi connectivity index (χ1n) is 15.0. The van der Waals surface area contributed by atoms with Crippen LogP contribution in [0.25, 0.3) is 0 Å². The van der Waals surface area contributed by atoms with Gasteiger partial charge < -0.3 is 58.3 Å². The molecule has 1 saturated heterocycles. The zero-order chi connectivity index (χ0) is 33.5. The molecule has 9 atom stereocenters. The summed E-state index contributed by atoms with van der Waals surface area (Å²) in [6.45, 7) is -0.601. The van der Waals surface area contributed by atoms with Crippen LogP contribution in [0.3, 0.4) is 0 Å². The first-order chi connectivity index (χ1) is 22.7. The number of aliphatic hydroxyl groups excluding tert-OH is 3. The quantitative estimate of drug-likeness (QED) is 0.233. The van der Waals surface area contributed by atoms with Crippen LogP contribution in [-0.4, -0.2) is 98.9 Å². The maximum absolute atomic E-state index is 13.5. The summed E-state index contributed by atoms with van der Waals surface area (Å²) in [7, 11) is 5.54. The van der Waals surface area contributed by atoms with Crippen molar-refractivity contribution in [2.75, 3.05) is 41.7 Å². The highest BCUT2D eigenvalue weighted by molar-refractivity contribution is 5.78. The average Bonchev–Trinajstić information content (AvgIpc) is 3.49. The summed E-state index contributed by atoms with van der Waals surface area (Å²) in [4.78, 5) is 13.5. The lowest BCUT2D eigenvalue weighted by molar-refractivity contribution is -0.324. The molecule has 3 unspecified atom stereocenters. The van der Waals surface area contributed by atoms with Gasteiger partial charge in [-0.3, -0.25) is 4.79 Å². The predicted molar refractivity (Wildman–Crippen MR) is 162 cm³/mol. The summed E-state index contributed by atoms with van der Waals surface area (Å²) in [6, 6.07) is 18.8. The van der Waals surface area contributed by atoms with Crippen molar-refractivity contribution in [3.05, 3.63) is 83.4 Å². The van der Waals surface area contributed by atoms with Gasteiger partial charge in [-0.2, -0.15) is 0 Å². The topological polar surface area (TPSA) is 172 Å². The number of hydrogen-bond acceptors (Lipinski definition) is 13. The second-order valence-corrected chi connectivity index (χ2v) is 11.6. The second kappa shape index (κ2) is 12.9. The molecule has 2 aliphatic heterocycles. The monoisotopic (exact) mass is 654 g/mol. The van der Waals surface area contributed by atoms with Crippen molar-refractivity contribution in [2.45, 2.75) is 48.0 Å². The molecule has 3 aromatic rings. The lowest BCUT2D eigenvalue weighted by atomic mass is 9.70. The zero-order valence-corrected chi connectivity index (χ0v) is 26.3. The van der Waals surface area contributed by atoms with E-state index in [1.807, 2.05) is 6.07 Å². The third-order valence-electron chi connectivity index (χ3n) is 9.25. The number of fused-ring (bicyclic) bond motifs is 3. The Kier molecular flexibility index (Phi) is 9.06. The zero-order valence-electron chi connectivity index (χ0n) is 26.3. The highest BCUT2D eigenvalue weighted by Gasteiger charge is 2.78. The summed E-state index contributed by atoms with van der Waals surface area (Å²) in [5.74, 6) is -2.05. The van der Waals surface area contributed by atoms with E-state index < -0.39 is 66.5 Å². The molecule has 0 aromatic heterocycles. The SMILES string of the molecule is COC(=O)[C@H]1[C@@H](O)[C@@]2(O)c3c(OC)cc(OC4OC([C@H](O)CO)COC4OC)cc3O[C@@]2(c2ccc(OC)cc2)[C@@H]1c1ccccc1. The van der Waals surface area contributed by atoms with E-state index >= 15 is 0 Å². The molecule has 6 rings (SSSR count). The molecule has 2 fully saturated rings. The van der Waals surface area contributed by atoms with E-state index in [1.165, 1.54) is 40.6 Å². The van der Waals surface area contributed by atoms with Crippen LogP contribution in [0.4, 0.5) is 0 Å². The van der Waals surface area contributed by atoms with E-state index in [1.54, 1.807) is 48.5 Å². The van der Waals surface area contributed by atoms with Gasteiger partial charge in [0.2, 0.25) is 6.29 Å². The van der Waals surface area contributed by atoms with Crippen LogP contribution in [0, 0.1) is 5.92 Å². The Hall–Kier alpha value is -3.95. The Morgan fingerprint density at radius 2 is 1.70 bits per heavy atom. The van der Waals surface area contributed by atoms with Gasteiger partial charge in [-0.1, -0.05) is 42.5 Å². The van der Waals surface area contributed by atoms with Crippen LogP contribution in [-0.2, 0) is 34.9 Å². The smallest absolute Gasteiger partial charge is 0.312 e. The molecule has 1 aliphatic carbocycles. The Labute approximate surface area is 271 Å². The first-order valence-corrected chi connectivity index (χ1v) is 15.0. The van der Waals surface area contributed by atoms with E-state index in [-0.39, 0.29) is 29.4 Å². The number of carbonyl (C=O) groups excluding carboxylic acids is 1. The lowest BCUT2D eigenvalue weighted by Gasteiger charge is -2.40. The van der Waals surface area contributed by atoms with Crippen molar-refractivity contribution in [2.24, 2.45) is 5.92 Å². The number of esters is 1. The van der Waals surface area contributed by atoms with Crippen molar-refractivity contribution in [3.63, 3.8) is 0 Å². The van der Waals surface area contributed by atoms with Crippen molar-refractivity contribution in [1.82, 2.24) is 0 Å². The maximum atomic E-state index is 13.5. The van der Waals surface area contributed by atoms with Gasteiger partial charge >= 0.3 is 5.97 Å². The summed E-state index contributed by atoms with van der Waals surface area (Å²) in [6.07, 6.45) is -6.03. The minimum absolute atomic E-state index is 0.0474. The highest BCUT2D eigenvalue weighted by atomic mass is 16.8. The van der Waals surface area contributed by atoms with E-state index in [2.05, 4.69) is 0 Å². The van der Waals surface area contributed by atoms with E-state index in [0.717, 1.165) is 0 Å². The molecule has 0 bridgehead atoms. The molecular weight excluding hydrogens is 616 g/mol. The fourth-order valence-electron chi connectivity index (χ4n) is 7.11. The van der Waals surface area contributed by atoms with Crippen LogP contribution in [0.15, 0.2) is 66.7 Å². The predicted octanol–water partition coefficient (Wildman–Crippen LogP) is 1.57. The molecule has 3 aliphatic rings. The van der Waals surface area contributed by atoms with Gasteiger partial charge in [0, 0.05) is 25.2 Å². The Morgan fingerprint density at radius 1 is 0.979 bits per heavy atom. The molecule has 1 saturated carbocycles.